The Morgan fingerprint density at radius 3 is 2.97 bits per heavy atom. The highest BCUT2D eigenvalue weighted by atomic mass is 16.5. The van der Waals surface area contributed by atoms with Crippen LogP contribution in [-0.4, -0.2) is 51.7 Å². The quantitative estimate of drug-likeness (QED) is 0.673. The fourth-order valence-corrected chi connectivity index (χ4v) is 4.28. The van der Waals surface area contributed by atoms with E-state index >= 15 is 0 Å². The van der Waals surface area contributed by atoms with E-state index in [1.54, 1.807) is 6.20 Å². The molecule has 2 aliphatic rings. The Kier molecular flexibility index (Phi) is 5.01. The first kappa shape index (κ1) is 19.5. The van der Waals surface area contributed by atoms with E-state index in [1.807, 2.05) is 43.0 Å². The minimum absolute atomic E-state index is 0.0908. The van der Waals surface area contributed by atoms with Crippen molar-refractivity contribution >= 4 is 23.4 Å². The zero-order valence-corrected chi connectivity index (χ0v) is 17.7. The number of aromatic nitrogens is 4. The molecule has 5 rings (SSSR count). The lowest BCUT2D eigenvalue weighted by molar-refractivity contribution is 0.0988. The third-order valence-corrected chi connectivity index (χ3v) is 5.81. The van der Waals surface area contributed by atoms with Gasteiger partial charge >= 0.3 is 0 Å². The highest BCUT2D eigenvalue weighted by Gasteiger charge is 2.37. The van der Waals surface area contributed by atoms with Crippen LogP contribution in [0.25, 0.3) is 11.4 Å². The van der Waals surface area contributed by atoms with Gasteiger partial charge in [-0.25, -0.2) is 4.98 Å². The van der Waals surface area contributed by atoms with Crippen LogP contribution in [0, 0.1) is 0 Å². The van der Waals surface area contributed by atoms with Crippen LogP contribution in [-0.2, 0) is 6.42 Å². The van der Waals surface area contributed by atoms with E-state index in [0.29, 0.717) is 36.2 Å². The molecule has 1 fully saturated rings. The highest BCUT2D eigenvalue weighted by molar-refractivity contribution is 6.10. The number of hydrogen-bond donors (Lipinski definition) is 1. The second kappa shape index (κ2) is 7.98. The van der Waals surface area contributed by atoms with E-state index in [4.69, 9.17) is 4.52 Å². The van der Waals surface area contributed by atoms with Gasteiger partial charge in [0.15, 0.2) is 0 Å². The van der Waals surface area contributed by atoms with Crippen molar-refractivity contribution in [3.05, 3.63) is 41.9 Å². The number of rotatable bonds is 5. The van der Waals surface area contributed by atoms with E-state index in [0.717, 1.165) is 43.0 Å². The van der Waals surface area contributed by atoms with Crippen molar-refractivity contribution in [1.29, 1.82) is 0 Å². The zero-order valence-electron chi connectivity index (χ0n) is 17.7. The number of fused-ring (bicyclic) bond motifs is 3. The van der Waals surface area contributed by atoms with Crippen LogP contribution < -0.4 is 15.1 Å². The van der Waals surface area contributed by atoms with Crippen molar-refractivity contribution in [3.63, 3.8) is 0 Å². The summed E-state index contributed by atoms with van der Waals surface area (Å²) in [6, 6.07) is 7.96. The summed E-state index contributed by atoms with van der Waals surface area (Å²) in [5.41, 5.74) is 2.16. The molecule has 0 aliphatic carbocycles. The molecule has 0 saturated carbocycles. The summed E-state index contributed by atoms with van der Waals surface area (Å²) in [5, 5.41) is 7.22. The Labute approximate surface area is 180 Å². The average Bonchev–Trinajstić information content (AvgIpc) is 3.45. The van der Waals surface area contributed by atoms with Gasteiger partial charge in [0.05, 0.1) is 0 Å². The Morgan fingerprint density at radius 2 is 2.16 bits per heavy atom. The molecule has 160 valence electrons. The summed E-state index contributed by atoms with van der Waals surface area (Å²) in [4.78, 5) is 31.1. The van der Waals surface area contributed by atoms with Gasteiger partial charge in [-0.15, -0.1) is 0 Å². The Morgan fingerprint density at radius 1 is 1.26 bits per heavy atom. The van der Waals surface area contributed by atoms with Crippen LogP contribution in [0.15, 0.2) is 35.0 Å². The first-order chi connectivity index (χ1) is 15.2. The molecule has 1 atom stereocenters. The van der Waals surface area contributed by atoms with Crippen molar-refractivity contribution in [3.8, 4) is 11.4 Å². The third-order valence-electron chi connectivity index (χ3n) is 5.81. The predicted octanol–water partition coefficient (Wildman–Crippen LogP) is 3.15. The van der Waals surface area contributed by atoms with Gasteiger partial charge in [-0.1, -0.05) is 24.2 Å². The maximum Gasteiger partial charge on any atom is 0.263 e. The van der Waals surface area contributed by atoms with Crippen LogP contribution >= 0.6 is 0 Å². The van der Waals surface area contributed by atoms with Crippen LogP contribution in [0.5, 0.6) is 0 Å². The molecule has 0 unspecified atom stereocenters. The van der Waals surface area contributed by atoms with E-state index in [2.05, 4.69) is 30.3 Å². The van der Waals surface area contributed by atoms with Crippen molar-refractivity contribution in [2.45, 2.75) is 39.2 Å². The van der Waals surface area contributed by atoms with Gasteiger partial charge in [0.2, 0.25) is 17.7 Å². The molecule has 0 spiro atoms. The number of carbonyl (C=O) groups is 1. The molecule has 9 nitrogen and oxygen atoms in total. The minimum Gasteiger partial charge on any atom is -0.354 e. The molecule has 0 radical (unpaired) electrons. The Balaban J connectivity index is 1.54. The number of aryl methyl sites for hydroxylation is 1. The van der Waals surface area contributed by atoms with Gasteiger partial charge in [0.25, 0.3) is 5.91 Å². The first-order valence-electron chi connectivity index (χ1n) is 10.8. The van der Waals surface area contributed by atoms with Gasteiger partial charge in [-0.2, -0.15) is 9.97 Å². The van der Waals surface area contributed by atoms with Gasteiger partial charge in [0.1, 0.15) is 11.4 Å². The molecule has 1 aromatic carbocycles. The fourth-order valence-electron chi connectivity index (χ4n) is 4.28. The lowest BCUT2D eigenvalue weighted by atomic mass is 10.1. The summed E-state index contributed by atoms with van der Waals surface area (Å²) >= 11 is 0. The minimum atomic E-state index is -0.0908. The lowest BCUT2D eigenvalue weighted by Crippen LogP contribution is -2.39. The van der Waals surface area contributed by atoms with E-state index in [-0.39, 0.29) is 11.9 Å². The molecule has 3 aromatic rings. The maximum atomic E-state index is 13.6. The topological polar surface area (TPSA) is 100 Å². The molecular weight excluding hydrogens is 394 g/mol. The molecule has 4 heterocycles. The molecule has 0 bridgehead atoms. The number of anilines is 3. The molecule has 2 aromatic heterocycles. The normalized spacial score (nSPS) is 18.0. The fraction of sp³-hybridized carbons (Fsp3) is 0.409. The SMILES string of the molecule is CCNc1ncc2c(n1)N1CCC[C@H]1CN(c1cccc(-c3noc(CC)n3)c1)C2=O. The number of carbonyl (C=O) groups excluding carboxylic acids is 1. The number of nitrogens with one attached hydrogen (secondary N) is 1. The van der Waals surface area contributed by atoms with Gasteiger partial charge in [-0.3, -0.25) is 4.79 Å². The molecule has 31 heavy (non-hydrogen) atoms. The largest absolute Gasteiger partial charge is 0.354 e. The number of nitrogens with zero attached hydrogens (tertiary/aromatic N) is 6. The van der Waals surface area contributed by atoms with Gasteiger partial charge < -0.3 is 19.6 Å². The summed E-state index contributed by atoms with van der Waals surface area (Å²) in [5.74, 6) is 2.31. The number of benzene rings is 1. The van der Waals surface area contributed by atoms with Crippen LogP contribution in [0.2, 0.25) is 0 Å². The molecule has 9 heteroatoms. The monoisotopic (exact) mass is 419 g/mol. The van der Waals surface area contributed by atoms with Crippen molar-refractivity contribution < 1.29 is 9.32 Å². The van der Waals surface area contributed by atoms with Crippen molar-refractivity contribution in [2.24, 2.45) is 0 Å². The molecule has 1 saturated heterocycles. The average molecular weight is 419 g/mol. The summed E-state index contributed by atoms with van der Waals surface area (Å²) < 4.78 is 5.26. The second-order valence-corrected chi connectivity index (χ2v) is 7.78. The Hall–Kier alpha value is -3.49. The van der Waals surface area contributed by atoms with Crippen molar-refractivity contribution in [1.82, 2.24) is 20.1 Å². The van der Waals surface area contributed by atoms with E-state index < -0.39 is 0 Å². The smallest absolute Gasteiger partial charge is 0.263 e. The number of hydrogen-bond acceptors (Lipinski definition) is 8. The molecule has 2 aliphatic heterocycles. The molecular formula is C22H25N7O2. The van der Waals surface area contributed by atoms with Crippen molar-refractivity contribution in [2.75, 3.05) is 34.8 Å². The first-order valence-corrected chi connectivity index (χ1v) is 10.8. The maximum absolute atomic E-state index is 13.6. The summed E-state index contributed by atoms with van der Waals surface area (Å²) in [6.07, 6.45) is 4.43. The predicted molar refractivity (Wildman–Crippen MR) is 117 cm³/mol. The van der Waals surface area contributed by atoms with E-state index in [9.17, 15) is 4.79 Å². The second-order valence-electron chi connectivity index (χ2n) is 7.78. The molecule has 1 amide bonds. The third kappa shape index (κ3) is 3.49. The van der Waals surface area contributed by atoms with E-state index in [1.165, 1.54) is 0 Å². The number of amides is 1. The summed E-state index contributed by atoms with van der Waals surface area (Å²) in [6.45, 7) is 6.19. The molecule has 1 N–H and O–H groups in total. The standard InChI is InChI=1S/C22H25N7O2/c1-3-18-25-19(27-31-18)14-7-5-8-15(11-14)29-13-16-9-6-10-28(16)20-17(21(29)30)12-24-22(26-20)23-4-2/h5,7-8,11-12,16H,3-4,6,9-10,13H2,1-2H3,(H,23,24,26)/t16-/m0/s1. The van der Waals surface area contributed by atoms with Crippen LogP contribution in [0.3, 0.4) is 0 Å². The van der Waals surface area contributed by atoms with Crippen LogP contribution in [0.4, 0.5) is 17.5 Å². The zero-order chi connectivity index (χ0) is 21.4. The Bertz CT molecular complexity index is 1110. The van der Waals surface area contributed by atoms with Gasteiger partial charge in [0, 0.05) is 49.5 Å². The summed E-state index contributed by atoms with van der Waals surface area (Å²) in [7, 11) is 0. The lowest BCUT2D eigenvalue weighted by Gasteiger charge is -2.27. The van der Waals surface area contributed by atoms with Gasteiger partial charge in [-0.05, 0) is 31.9 Å². The highest BCUT2D eigenvalue weighted by Crippen LogP contribution is 2.34. The van der Waals surface area contributed by atoms with Crippen LogP contribution in [0.1, 0.15) is 42.9 Å².